The van der Waals surface area contributed by atoms with Crippen molar-refractivity contribution in [2.24, 2.45) is 0 Å². The molecule has 0 saturated heterocycles. The van der Waals surface area contributed by atoms with Gasteiger partial charge in [-0.05, 0) is 48.4 Å². The minimum Gasteiger partial charge on any atom is -0.493 e. The average Bonchev–Trinajstić information content (AvgIpc) is 2.46. The van der Waals surface area contributed by atoms with Crippen molar-refractivity contribution in [3.8, 4) is 5.75 Å². The van der Waals surface area contributed by atoms with E-state index in [0.717, 1.165) is 44.0 Å². The molecule has 0 radical (unpaired) electrons. The fourth-order valence-corrected chi connectivity index (χ4v) is 2.41. The standard InChI is InChI=1S/C18H31NOS/c1-14(2)16-7-8-18(17(13-16)15(3)4)20-11-6-5-9-19-10-12-21/h7-8,13-15,19,21H,5-6,9-12H2,1-4H3. The van der Waals surface area contributed by atoms with E-state index in [1.54, 1.807) is 0 Å². The zero-order valence-corrected chi connectivity index (χ0v) is 14.9. The summed E-state index contributed by atoms with van der Waals surface area (Å²) in [5.41, 5.74) is 2.72. The van der Waals surface area contributed by atoms with Crippen molar-refractivity contribution in [3.63, 3.8) is 0 Å². The number of unbranched alkanes of at least 4 members (excludes halogenated alkanes) is 1. The first kappa shape index (κ1) is 18.4. The molecule has 1 N–H and O–H groups in total. The van der Waals surface area contributed by atoms with Gasteiger partial charge in [-0.3, -0.25) is 0 Å². The van der Waals surface area contributed by atoms with Crippen LogP contribution in [0.1, 0.15) is 63.5 Å². The van der Waals surface area contributed by atoms with E-state index in [9.17, 15) is 0 Å². The summed E-state index contributed by atoms with van der Waals surface area (Å²) < 4.78 is 6.00. The Hall–Kier alpha value is -0.670. The lowest BCUT2D eigenvalue weighted by Gasteiger charge is -2.17. The molecule has 0 aliphatic heterocycles. The van der Waals surface area contributed by atoms with Gasteiger partial charge in [-0.15, -0.1) is 0 Å². The van der Waals surface area contributed by atoms with Gasteiger partial charge in [-0.1, -0.05) is 39.8 Å². The molecule has 0 unspecified atom stereocenters. The van der Waals surface area contributed by atoms with Gasteiger partial charge in [0.1, 0.15) is 5.75 Å². The molecule has 2 nitrogen and oxygen atoms in total. The van der Waals surface area contributed by atoms with Crippen molar-refractivity contribution < 1.29 is 4.74 Å². The van der Waals surface area contributed by atoms with Gasteiger partial charge in [0.2, 0.25) is 0 Å². The molecule has 0 saturated carbocycles. The highest BCUT2D eigenvalue weighted by molar-refractivity contribution is 7.80. The molecule has 0 aliphatic rings. The first-order valence-electron chi connectivity index (χ1n) is 8.14. The highest BCUT2D eigenvalue weighted by Crippen LogP contribution is 2.30. The van der Waals surface area contributed by atoms with E-state index in [2.05, 4.69) is 63.8 Å². The van der Waals surface area contributed by atoms with Crippen molar-refractivity contribution in [2.75, 3.05) is 25.4 Å². The molecular formula is C18H31NOS. The second-order valence-electron chi connectivity index (χ2n) is 6.14. The number of benzene rings is 1. The first-order chi connectivity index (χ1) is 10.1. The summed E-state index contributed by atoms with van der Waals surface area (Å²) in [4.78, 5) is 0. The molecule has 0 bridgehead atoms. The molecule has 0 atom stereocenters. The summed E-state index contributed by atoms with van der Waals surface area (Å²) >= 11 is 4.18. The summed E-state index contributed by atoms with van der Waals surface area (Å²) in [5.74, 6) is 3.01. The fourth-order valence-electron chi connectivity index (χ4n) is 2.25. The molecule has 3 heteroatoms. The van der Waals surface area contributed by atoms with Gasteiger partial charge in [-0.25, -0.2) is 0 Å². The van der Waals surface area contributed by atoms with Gasteiger partial charge < -0.3 is 10.1 Å². The van der Waals surface area contributed by atoms with E-state index < -0.39 is 0 Å². The Kier molecular flexibility index (Phi) is 8.86. The predicted molar refractivity (Wildman–Crippen MR) is 96.1 cm³/mol. The highest BCUT2D eigenvalue weighted by atomic mass is 32.1. The van der Waals surface area contributed by atoms with Gasteiger partial charge in [0.15, 0.2) is 0 Å². The number of hydrogen-bond acceptors (Lipinski definition) is 3. The molecule has 0 fully saturated rings. The van der Waals surface area contributed by atoms with Gasteiger partial charge >= 0.3 is 0 Å². The molecule has 120 valence electrons. The van der Waals surface area contributed by atoms with E-state index in [0.29, 0.717) is 11.8 Å². The Labute approximate surface area is 136 Å². The third-order valence-electron chi connectivity index (χ3n) is 3.62. The number of rotatable bonds is 10. The Morgan fingerprint density at radius 2 is 1.81 bits per heavy atom. The lowest BCUT2D eigenvalue weighted by atomic mass is 9.95. The molecule has 0 amide bonds. The number of hydrogen-bond donors (Lipinski definition) is 2. The maximum Gasteiger partial charge on any atom is 0.122 e. The van der Waals surface area contributed by atoms with Gasteiger partial charge in [0, 0.05) is 12.3 Å². The molecule has 1 aromatic carbocycles. The molecule has 21 heavy (non-hydrogen) atoms. The number of nitrogens with one attached hydrogen (secondary N) is 1. The van der Waals surface area contributed by atoms with Crippen LogP contribution in [0.5, 0.6) is 5.75 Å². The van der Waals surface area contributed by atoms with Crippen molar-refractivity contribution in [1.82, 2.24) is 5.32 Å². The maximum atomic E-state index is 6.00. The van der Waals surface area contributed by atoms with Gasteiger partial charge in [0.25, 0.3) is 0 Å². The van der Waals surface area contributed by atoms with Crippen LogP contribution in [0.2, 0.25) is 0 Å². The van der Waals surface area contributed by atoms with Crippen molar-refractivity contribution in [2.45, 2.75) is 52.4 Å². The lowest BCUT2D eigenvalue weighted by Crippen LogP contribution is -2.18. The van der Waals surface area contributed by atoms with Crippen molar-refractivity contribution in [1.29, 1.82) is 0 Å². The van der Waals surface area contributed by atoms with Gasteiger partial charge in [0.05, 0.1) is 6.61 Å². The van der Waals surface area contributed by atoms with Crippen LogP contribution in [0.25, 0.3) is 0 Å². The zero-order valence-electron chi connectivity index (χ0n) is 14.0. The summed E-state index contributed by atoms with van der Waals surface area (Å²) in [6.07, 6.45) is 2.23. The van der Waals surface area contributed by atoms with E-state index >= 15 is 0 Å². The van der Waals surface area contributed by atoms with E-state index in [4.69, 9.17) is 4.74 Å². The van der Waals surface area contributed by atoms with E-state index in [1.807, 2.05) is 0 Å². The monoisotopic (exact) mass is 309 g/mol. The predicted octanol–water partition coefficient (Wildman–Crippen LogP) is 4.61. The Morgan fingerprint density at radius 3 is 2.43 bits per heavy atom. The Balaban J connectivity index is 2.47. The summed E-state index contributed by atoms with van der Waals surface area (Å²) in [6, 6.07) is 6.64. The quantitative estimate of drug-likeness (QED) is 0.486. The maximum absolute atomic E-state index is 6.00. The third kappa shape index (κ3) is 6.75. The van der Waals surface area contributed by atoms with E-state index in [-0.39, 0.29) is 0 Å². The first-order valence-corrected chi connectivity index (χ1v) is 8.77. The smallest absolute Gasteiger partial charge is 0.122 e. The van der Waals surface area contributed by atoms with Crippen molar-refractivity contribution in [3.05, 3.63) is 29.3 Å². The SMILES string of the molecule is CC(C)c1ccc(OCCCCNCCS)c(C(C)C)c1. The molecule has 0 heterocycles. The van der Waals surface area contributed by atoms with Crippen LogP contribution in [0.4, 0.5) is 0 Å². The normalized spacial score (nSPS) is 11.4. The molecule has 1 rings (SSSR count). The van der Waals surface area contributed by atoms with Crippen LogP contribution < -0.4 is 10.1 Å². The fraction of sp³-hybridized carbons (Fsp3) is 0.667. The van der Waals surface area contributed by atoms with Crippen LogP contribution >= 0.6 is 12.6 Å². The van der Waals surface area contributed by atoms with E-state index in [1.165, 1.54) is 11.1 Å². The van der Waals surface area contributed by atoms with Crippen LogP contribution in [-0.2, 0) is 0 Å². The molecular weight excluding hydrogens is 278 g/mol. The summed E-state index contributed by atoms with van der Waals surface area (Å²) in [7, 11) is 0. The lowest BCUT2D eigenvalue weighted by molar-refractivity contribution is 0.302. The van der Waals surface area contributed by atoms with Gasteiger partial charge in [-0.2, -0.15) is 12.6 Å². The summed E-state index contributed by atoms with van der Waals surface area (Å²) in [6.45, 7) is 11.8. The largest absolute Gasteiger partial charge is 0.493 e. The second-order valence-corrected chi connectivity index (χ2v) is 6.58. The Bertz CT molecular complexity index is 404. The summed E-state index contributed by atoms with van der Waals surface area (Å²) in [5, 5.41) is 3.35. The van der Waals surface area contributed by atoms with Crippen LogP contribution in [0.15, 0.2) is 18.2 Å². The zero-order chi connectivity index (χ0) is 15.7. The average molecular weight is 310 g/mol. The van der Waals surface area contributed by atoms with Crippen LogP contribution in [-0.4, -0.2) is 25.4 Å². The number of ether oxygens (including phenoxy) is 1. The second kappa shape index (κ2) is 10.1. The highest BCUT2D eigenvalue weighted by Gasteiger charge is 2.10. The third-order valence-corrected chi connectivity index (χ3v) is 3.84. The topological polar surface area (TPSA) is 21.3 Å². The van der Waals surface area contributed by atoms with Crippen LogP contribution in [0, 0.1) is 0 Å². The molecule has 0 spiro atoms. The molecule has 0 aromatic heterocycles. The minimum atomic E-state index is 0.496. The van der Waals surface area contributed by atoms with Crippen LogP contribution in [0.3, 0.4) is 0 Å². The minimum absolute atomic E-state index is 0.496. The Morgan fingerprint density at radius 1 is 1.05 bits per heavy atom. The van der Waals surface area contributed by atoms with Crippen molar-refractivity contribution >= 4 is 12.6 Å². The molecule has 1 aromatic rings. The number of thiol groups is 1. The molecule has 0 aliphatic carbocycles.